The van der Waals surface area contributed by atoms with Crippen molar-refractivity contribution in [3.8, 4) is 5.75 Å². The molecule has 1 fully saturated rings. The third kappa shape index (κ3) is 4.72. The van der Waals surface area contributed by atoms with E-state index in [0.29, 0.717) is 16.8 Å². The van der Waals surface area contributed by atoms with Crippen LogP contribution in [0.25, 0.3) is 0 Å². The van der Waals surface area contributed by atoms with E-state index in [0.717, 1.165) is 24.5 Å². The highest BCUT2D eigenvalue weighted by Gasteiger charge is 2.17. The van der Waals surface area contributed by atoms with Crippen LogP contribution in [0.4, 0.5) is 10.2 Å². The minimum absolute atomic E-state index is 0.246. The maximum Gasteiger partial charge on any atom is 0.261 e. The number of hydrogen-bond acceptors (Lipinski definition) is 4. The molecule has 0 spiro atoms. The summed E-state index contributed by atoms with van der Waals surface area (Å²) in [6.45, 7) is 4.14. The fourth-order valence-corrected chi connectivity index (χ4v) is 3.25. The number of benzene rings is 1. The molecule has 1 amide bonds. The highest BCUT2D eigenvalue weighted by molar-refractivity contribution is 9.10. The predicted molar refractivity (Wildman–Crippen MR) is 102 cm³/mol. The third-order valence-electron chi connectivity index (χ3n) is 4.27. The molecule has 0 aliphatic carbocycles. The van der Waals surface area contributed by atoms with Gasteiger partial charge in [-0.25, -0.2) is 9.37 Å². The van der Waals surface area contributed by atoms with Gasteiger partial charge in [-0.3, -0.25) is 4.79 Å². The van der Waals surface area contributed by atoms with Crippen LogP contribution in [0.3, 0.4) is 0 Å². The molecule has 2 heterocycles. The van der Waals surface area contributed by atoms with E-state index >= 15 is 0 Å². The average molecular weight is 422 g/mol. The lowest BCUT2D eigenvalue weighted by Gasteiger charge is -2.17. The van der Waals surface area contributed by atoms with Crippen LogP contribution in [0, 0.1) is 5.82 Å². The molecule has 0 saturated carbocycles. The summed E-state index contributed by atoms with van der Waals surface area (Å²) in [5.74, 6) is 0.789. The van der Waals surface area contributed by atoms with Gasteiger partial charge < -0.3 is 15.0 Å². The number of rotatable bonds is 6. The van der Waals surface area contributed by atoms with Crippen molar-refractivity contribution < 1.29 is 13.9 Å². The highest BCUT2D eigenvalue weighted by Crippen LogP contribution is 2.26. The first-order chi connectivity index (χ1) is 12.5. The maximum atomic E-state index is 13.1. The number of halogens is 2. The van der Waals surface area contributed by atoms with Gasteiger partial charge in [-0.1, -0.05) is 6.07 Å². The van der Waals surface area contributed by atoms with Crippen LogP contribution in [0.2, 0.25) is 0 Å². The molecule has 3 rings (SSSR count). The van der Waals surface area contributed by atoms with Crippen molar-refractivity contribution in [1.29, 1.82) is 0 Å². The third-order valence-corrected chi connectivity index (χ3v) is 4.89. The summed E-state index contributed by atoms with van der Waals surface area (Å²) in [6, 6.07) is 8.04. The lowest BCUT2D eigenvalue weighted by Crippen LogP contribution is -2.36. The Morgan fingerprint density at radius 3 is 2.77 bits per heavy atom. The molecule has 138 valence electrons. The largest absolute Gasteiger partial charge is 0.480 e. The second-order valence-electron chi connectivity index (χ2n) is 6.27. The van der Waals surface area contributed by atoms with Crippen molar-refractivity contribution in [3.05, 3.63) is 52.4 Å². The van der Waals surface area contributed by atoms with Gasteiger partial charge in [-0.05, 0) is 65.5 Å². The van der Waals surface area contributed by atoms with Crippen LogP contribution in [0.5, 0.6) is 5.75 Å². The molecule has 26 heavy (non-hydrogen) atoms. The average Bonchev–Trinajstić information content (AvgIpc) is 3.17. The first kappa shape index (κ1) is 18.6. The van der Waals surface area contributed by atoms with Gasteiger partial charge in [0.2, 0.25) is 0 Å². The molecule has 1 aromatic carbocycles. The molecule has 0 radical (unpaired) electrons. The summed E-state index contributed by atoms with van der Waals surface area (Å²) in [7, 11) is 0. The van der Waals surface area contributed by atoms with Crippen molar-refractivity contribution in [1.82, 2.24) is 10.3 Å². The van der Waals surface area contributed by atoms with E-state index in [9.17, 15) is 9.18 Å². The number of anilines is 1. The fourth-order valence-electron chi connectivity index (χ4n) is 2.80. The molecule has 1 aromatic heterocycles. The molecule has 0 bridgehead atoms. The Morgan fingerprint density at radius 1 is 1.35 bits per heavy atom. The zero-order valence-electron chi connectivity index (χ0n) is 14.5. The van der Waals surface area contributed by atoms with Gasteiger partial charge in [-0.15, -0.1) is 0 Å². The summed E-state index contributed by atoms with van der Waals surface area (Å²) in [4.78, 5) is 19.0. The van der Waals surface area contributed by atoms with Crippen LogP contribution in [0.1, 0.15) is 25.3 Å². The van der Waals surface area contributed by atoms with Gasteiger partial charge in [0.05, 0.1) is 4.47 Å². The molecule has 1 saturated heterocycles. The number of carbonyl (C=O) groups excluding carboxylic acids is 1. The SMILES string of the molecule is C[C@@H](Oc1ccc(F)cc1Br)C(=O)NCc1ccc(N2CCCC2)nc1. The Kier molecular flexibility index (Phi) is 6.08. The number of nitrogens with zero attached hydrogens (tertiary/aromatic N) is 2. The van der Waals surface area contributed by atoms with Crippen molar-refractivity contribution in [2.24, 2.45) is 0 Å². The van der Waals surface area contributed by atoms with E-state index in [1.165, 1.54) is 31.0 Å². The maximum absolute atomic E-state index is 13.1. The van der Waals surface area contributed by atoms with E-state index in [1.807, 2.05) is 12.1 Å². The molecule has 1 aliphatic heterocycles. The number of pyridine rings is 1. The summed E-state index contributed by atoms with van der Waals surface area (Å²) in [5.41, 5.74) is 0.927. The second kappa shape index (κ2) is 8.49. The Hall–Kier alpha value is -2.15. The molecule has 0 unspecified atom stereocenters. The Labute approximate surface area is 160 Å². The standard InChI is InChI=1S/C19H21BrFN3O2/c1-13(26-17-6-5-15(21)10-16(17)20)19(25)23-12-14-4-7-18(22-11-14)24-8-2-3-9-24/h4-7,10-11,13H,2-3,8-9,12H2,1H3,(H,23,25)/t13-/m1/s1. The van der Waals surface area contributed by atoms with Crippen molar-refractivity contribution in [2.75, 3.05) is 18.0 Å². The number of amides is 1. The molecule has 1 atom stereocenters. The zero-order chi connectivity index (χ0) is 18.5. The van der Waals surface area contributed by atoms with Crippen LogP contribution < -0.4 is 15.0 Å². The molecule has 2 aromatic rings. The van der Waals surface area contributed by atoms with Crippen LogP contribution >= 0.6 is 15.9 Å². The summed E-state index contributed by atoms with van der Waals surface area (Å²) >= 11 is 3.23. The Morgan fingerprint density at radius 2 is 2.12 bits per heavy atom. The predicted octanol–water partition coefficient (Wildman–Crippen LogP) is 3.67. The summed E-state index contributed by atoms with van der Waals surface area (Å²) < 4.78 is 19.2. The van der Waals surface area contributed by atoms with E-state index in [-0.39, 0.29) is 11.7 Å². The summed E-state index contributed by atoms with van der Waals surface area (Å²) in [6.07, 6.45) is 3.51. The van der Waals surface area contributed by atoms with Crippen molar-refractivity contribution in [2.45, 2.75) is 32.4 Å². The molecular weight excluding hydrogens is 401 g/mol. The number of nitrogens with one attached hydrogen (secondary N) is 1. The summed E-state index contributed by atoms with van der Waals surface area (Å²) in [5, 5.41) is 2.83. The molecule has 5 nitrogen and oxygen atoms in total. The van der Waals surface area contributed by atoms with Crippen LogP contribution in [0.15, 0.2) is 41.0 Å². The minimum atomic E-state index is -0.700. The first-order valence-corrected chi connectivity index (χ1v) is 9.41. The zero-order valence-corrected chi connectivity index (χ0v) is 16.1. The number of carbonyl (C=O) groups is 1. The van der Waals surface area contributed by atoms with Gasteiger partial charge in [0.15, 0.2) is 6.10 Å². The highest BCUT2D eigenvalue weighted by atomic mass is 79.9. The second-order valence-corrected chi connectivity index (χ2v) is 7.13. The topological polar surface area (TPSA) is 54.5 Å². The molecule has 7 heteroatoms. The van der Waals surface area contributed by atoms with Gasteiger partial charge in [0.25, 0.3) is 5.91 Å². The smallest absolute Gasteiger partial charge is 0.261 e. The lowest BCUT2D eigenvalue weighted by molar-refractivity contribution is -0.127. The van der Waals surface area contributed by atoms with E-state index in [1.54, 1.807) is 13.1 Å². The van der Waals surface area contributed by atoms with Gasteiger partial charge in [0.1, 0.15) is 17.4 Å². The quantitative estimate of drug-likeness (QED) is 0.772. The molecule has 1 N–H and O–H groups in total. The lowest BCUT2D eigenvalue weighted by atomic mass is 10.2. The molecule has 1 aliphatic rings. The van der Waals surface area contributed by atoms with E-state index in [4.69, 9.17) is 4.74 Å². The fraction of sp³-hybridized carbons (Fsp3) is 0.368. The molecular formula is C19H21BrFN3O2. The number of aromatic nitrogens is 1. The van der Waals surface area contributed by atoms with Gasteiger partial charge in [-0.2, -0.15) is 0 Å². The van der Waals surface area contributed by atoms with Gasteiger partial charge in [0, 0.05) is 25.8 Å². The Bertz CT molecular complexity index is 764. The number of ether oxygens (including phenoxy) is 1. The van der Waals surface area contributed by atoms with E-state index < -0.39 is 6.10 Å². The van der Waals surface area contributed by atoms with Gasteiger partial charge >= 0.3 is 0 Å². The Balaban J connectivity index is 1.51. The van der Waals surface area contributed by atoms with Crippen molar-refractivity contribution in [3.63, 3.8) is 0 Å². The van der Waals surface area contributed by atoms with Crippen molar-refractivity contribution >= 4 is 27.7 Å². The number of hydrogen-bond donors (Lipinski definition) is 1. The normalized spacial score (nSPS) is 15.0. The first-order valence-electron chi connectivity index (χ1n) is 8.62. The van der Waals surface area contributed by atoms with Crippen LogP contribution in [-0.2, 0) is 11.3 Å². The monoisotopic (exact) mass is 421 g/mol. The van der Waals surface area contributed by atoms with Crippen LogP contribution in [-0.4, -0.2) is 30.1 Å². The van der Waals surface area contributed by atoms with E-state index in [2.05, 4.69) is 31.1 Å². The minimum Gasteiger partial charge on any atom is -0.480 e.